The summed E-state index contributed by atoms with van der Waals surface area (Å²) in [4.78, 5) is 2.54. The molecule has 1 aliphatic rings. The van der Waals surface area contributed by atoms with Gasteiger partial charge in [0.05, 0.1) is 12.8 Å². The van der Waals surface area contributed by atoms with Gasteiger partial charge in [0.1, 0.15) is 5.76 Å². The van der Waals surface area contributed by atoms with Crippen LogP contribution in [-0.2, 0) is 13.1 Å². The molecule has 0 aliphatic carbocycles. The van der Waals surface area contributed by atoms with E-state index in [9.17, 15) is 0 Å². The van der Waals surface area contributed by atoms with Gasteiger partial charge in [-0.15, -0.1) is 0 Å². The highest BCUT2D eigenvalue weighted by molar-refractivity contribution is 5.12. The largest absolute Gasteiger partial charge is 0.468 e. The molecular formula is C16H28N2O. The Labute approximate surface area is 117 Å². The summed E-state index contributed by atoms with van der Waals surface area (Å²) in [5, 5.41) is 3.45. The monoisotopic (exact) mass is 264 g/mol. The fourth-order valence-electron chi connectivity index (χ4n) is 2.70. The summed E-state index contributed by atoms with van der Waals surface area (Å²) >= 11 is 0. The standard InChI is InChI=1S/C16H28N2O/c1-13(2)9-17-10-15-8-16(19-12-15)11-18-7-5-4-6-14(18)3/h8,12-14,17H,4-7,9-11H2,1-3H3. The maximum Gasteiger partial charge on any atom is 0.118 e. The van der Waals surface area contributed by atoms with Gasteiger partial charge in [-0.1, -0.05) is 20.3 Å². The zero-order chi connectivity index (χ0) is 13.7. The second-order valence-electron chi connectivity index (χ2n) is 6.26. The van der Waals surface area contributed by atoms with Crippen molar-refractivity contribution in [2.75, 3.05) is 13.1 Å². The summed E-state index contributed by atoms with van der Waals surface area (Å²) < 4.78 is 5.69. The predicted octanol–water partition coefficient (Wildman–Crippen LogP) is 3.40. The number of nitrogens with one attached hydrogen (secondary N) is 1. The van der Waals surface area contributed by atoms with Crippen LogP contribution in [0.2, 0.25) is 0 Å². The third-order valence-corrected chi connectivity index (χ3v) is 3.89. The third kappa shape index (κ3) is 4.66. The molecule has 0 saturated carbocycles. The molecule has 1 aliphatic heterocycles. The molecule has 1 atom stereocenters. The van der Waals surface area contributed by atoms with E-state index in [1.807, 2.05) is 6.26 Å². The van der Waals surface area contributed by atoms with Crippen molar-refractivity contribution in [3.8, 4) is 0 Å². The Balaban J connectivity index is 1.79. The van der Waals surface area contributed by atoms with Crippen molar-refractivity contribution in [3.63, 3.8) is 0 Å². The van der Waals surface area contributed by atoms with Crippen LogP contribution in [0.5, 0.6) is 0 Å². The fraction of sp³-hybridized carbons (Fsp3) is 0.750. The Kier molecular flexibility index (Phi) is 5.46. The van der Waals surface area contributed by atoms with Crippen LogP contribution in [0.4, 0.5) is 0 Å². The van der Waals surface area contributed by atoms with Gasteiger partial charge >= 0.3 is 0 Å². The van der Waals surface area contributed by atoms with Gasteiger partial charge in [-0.25, -0.2) is 0 Å². The van der Waals surface area contributed by atoms with E-state index >= 15 is 0 Å². The molecule has 1 unspecified atom stereocenters. The molecule has 3 heteroatoms. The topological polar surface area (TPSA) is 28.4 Å². The van der Waals surface area contributed by atoms with Gasteiger partial charge < -0.3 is 9.73 Å². The molecule has 108 valence electrons. The van der Waals surface area contributed by atoms with E-state index in [4.69, 9.17) is 4.42 Å². The Morgan fingerprint density at radius 1 is 1.42 bits per heavy atom. The number of nitrogens with zero attached hydrogens (tertiary/aromatic N) is 1. The highest BCUT2D eigenvalue weighted by Gasteiger charge is 2.19. The average Bonchev–Trinajstić information content (AvgIpc) is 2.79. The molecule has 1 fully saturated rings. The number of hydrogen-bond donors (Lipinski definition) is 1. The lowest BCUT2D eigenvalue weighted by Crippen LogP contribution is -2.36. The van der Waals surface area contributed by atoms with E-state index in [1.165, 1.54) is 31.4 Å². The maximum atomic E-state index is 5.69. The Morgan fingerprint density at radius 2 is 2.26 bits per heavy atom. The van der Waals surface area contributed by atoms with Crippen LogP contribution in [0.3, 0.4) is 0 Å². The van der Waals surface area contributed by atoms with E-state index in [0.717, 1.165) is 25.4 Å². The molecule has 19 heavy (non-hydrogen) atoms. The molecule has 2 heterocycles. The molecule has 0 amide bonds. The minimum Gasteiger partial charge on any atom is -0.468 e. The van der Waals surface area contributed by atoms with Crippen LogP contribution >= 0.6 is 0 Å². The second kappa shape index (κ2) is 7.11. The van der Waals surface area contributed by atoms with Gasteiger partial charge in [0, 0.05) is 18.2 Å². The van der Waals surface area contributed by atoms with Crippen LogP contribution in [0.15, 0.2) is 16.7 Å². The maximum absolute atomic E-state index is 5.69. The van der Waals surface area contributed by atoms with E-state index in [0.29, 0.717) is 12.0 Å². The number of likely N-dealkylation sites (tertiary alicyclic amines) is 1. The van der Waals surface area contributed by atoms with Crippen molar-refractivity contribution in [2.45, 2.75) is 59.2 Å². The summed E-state index contributed by atoms with van der Waals surface area (Å²) in [6.07, 6.45) is 5.93. The van der Waals surface area contributed by atoms with Gasteiger partial charge in [0.15, 0.2) is 0 Å². The highest BCUT2D eigenvalue weighted by atomic mass is 16.3. The van der Waals surface area contributed by atoms with Crippen molar-refractivity contribution in [3.05, 3.63) is 23.7 Å². The zero-order valence-corrected chi connectivity index (χ0v) is 12.6. The average molecular weight is 264 g/mol. The molecule has 3 nitrogen and oxygen atoms in total. The highest BCUT2D eigenvalue weighted by Crippen LogP contribution is 2.20. The van der Waals surface area contributed by atoms with Gasteiger partial charge in [-0.05, 0) is 44.8 Å². The summed E-state index contributed by atoms with van der Waals surface area (Å²) in [5.74, 6) is 1.80. The molecule has 0 bridgehead atoms. The molecule has 1 saturated heterocycles. The molecule has 0 spiro atoms. The molecule has 0 radical (unpaired) electrons. The first-order valence-electron chi connectivity index (χ1n) is 7.66. The lowest BCUT2D eigenvalue weighted by atomic mass is 10.0. The van der Waals surface area contributed by atoms with E-state index in [2.05, 4.69) is 37.1 Å². The predicted molar refractivity (Wildman–Crippen MR) is 79.0 cm³/mol. The van der Waals surface area contributed by atoms with Crippen molar-refractivity contribution in [1.82, 2.24) is 10.2 Å². The summed E-state index contributed by atoms with van der Waals surface area (Å²) in [5.41, 5.74) is 1.26. The van der Waals surface area contributed by atoms with Gasteiger partial charge in [-0.2, -0.15) is 0 Å². The normalized spacial score (nSPS) is 21.2. The van der Waals surface area contributed by atoms with Crippen molar-refractivity contribution >= 4 is 0 Å². The van der Waals surface area contributed by atoms with Gasteiger partial charge in [0.25, 0.3) is 0 Å². The summed E-state index contributed by atoms with van der Waals surface area (Å²) in [6.45, 7) is 10.9. The zero-order valence-electron chi connectivity index (χ0n) is 12.6. The van der Waals surface area contributed by atoms with Gasteiger partial charge in [0.2, 0.25) is 0 Å². The summed E-state index contributed by atoms with van der Waals surface area (Å²) in [7, 11) is 0. The first-order chi connectivity index (χ1) is 9.15. The second-order valence-corrected chi connectivity index (χ2v) is 6.26. The Morgan fingerprint density at radius 3 is 3.00 bits per heavy atom. The Hall–Kier alpha value is -0.800. The van der Waals surface area contributed by atoms with E-state index in [1.54, 1.807) is 0 Å². The van der Waals surface area contributed by atoms with Crippen molar-refractivity contribution in [2.24, 2.45) is 5.92 Å². The number of hydrogen-bond acceptors (Lipinski definition) is 3. The van der Waals surface area contributed by atoms with Crippen LogP contribution < -0.4 is 5.32 Å². The van der Waals surface area contributed by atoms with Crippen LogP contribution in [0.1, 0.15) is 51.4 Å². The number of furan rings is 1. The lowest BCUT2D eigenvalue weighted by Gasteiger charge is -2.32. The lowest BCUT2D eigenvalue weighted by molar-refractivity contribution is 0.142. The smallest absolute Gasteiger partial charge is 0.118 e. The van der Waals surface area contributed by atoms with E-state index < -0.39 is 0 Å². The Bertz CT molecular complexity index is 373. The number of rotatable bonds is 6. The first kappa shape index (κ1) is 14.6. The van der Waals surface area contributed by atoms with Crippen LogP contribution in [-0.4, -0.2) is 24.0 Å². The molecule has 2 rings (SSSR count). The molecule has 1 N–H and O–H groups in total. The van der Waals surface area contributed by atoms with Gasteiger partial charge in [-0.3, -0.25) is 4.90 Å². The molecule has 1 aromatic rings. The van der Waals surface area contributed by atoms with E-state index in [-0.39, 0.29) is 0 Å². The molecule has 0 aromatic carbocycles. The SMILES string of the molecule is CC(C)CNCc1coc(CN2CCCCC2C)c1. The minimum absolute atomic E-state index is 0.695. The van der Waals surface area contributed by atoms with Crippen molar-refractivity contribution < 1.29 is 4.42 Å². The first-order valence-corrected chi connectivity index (χ1v) is 7.66. The molecule has 1 aromatic heterocycles. The minimum atomic E-state index is 0.695. The fourth-order valence-corrected chi connectivity index (χ4v) is 2.70. The quantitative estimate of drug-likeness (QED) is 0.853. The van der Waals surface area contributed by atoms with Crippen LogP contribution in [0.25, 0.3) is 0 Å². The summed E-state index contributed by atoms with van der Waals surface area (Å²) in [6, 6.07) is 2.90. The molecular weight excluding hydrogens is 236 g/mol. The number of piperidine rings is 1. The van der Waals surface area contributed by atoms with Crippen LogP contribution in [0, 0.1) is 5.92 Å². The third-order valence-electron chi connectivity index (χ3n) is 3.89. The van der Waals surface area contributed by atoms with Crippen molar-refractivity contribution in [1.29, 1.82) is 0 Å².